The highest BCUT2D eigenvalue weighted by Crippen LogP contribution is 2.34. The lowest BCUT2D eigenvalue weighted by molar-refractivity contribution is 0.162. The molecule has 1 saturated heterocycles. The molecule has 0 spiro atoms. The van der Waals surface area contributed by atoms with E-state index < -0.39 is 0 Å². The van der Waals surface area contributed by atoms with Crippen LogP contribution in [0.15, 0.2) is 16.6 Å². The van der Waals surface area contributed by atoms with Gasteiger partial charge < -0.3 is 14.8 Å². The summed E-state index contributed by atoms with van der Waals surface area (Å²) < 4.78 is 12.0. The third kappa shape index (κ3) is 3.41. The molecule has 1 atom stereocenters. The molecule has 5 heteroatoms. The number of halogens is 1. The fraction of sp³-hybridized carbons (Fsp3) is 0.571. The number of benzene rings is 1. The second-order valence-electron chi connectivity index (χ2n) is 4.81. The minimum absolute atomic E-state index is 0.520. The maximum Gasteiger partial charge on any atom is 0.128 e. The zero-order chi connectivity index (χ0) is 13.8. The first-order valence-corrected chi connectivity index (χ1v) is 7.30. The Balaban J connectivity index is 2.27. The van der Waals surface area contributed by atoms with Crippen LogP contribution < -0.4 is 14.8 Å². The Morgan fingerprint density at radius 2 is 1.95 bits per heavy atom. The molecule has 0 amide bonds. The first kappa shape index (κ1) is 14.6. The molecule has 1 aliphatic heterocycles. The van der Waals surface area contributed by atoms with Crippen LogP contribution in [-0.4, -0.2) is 44.8 Å². The quantitative estimate of drug-likeness (QED) is 0.919. The van der Waals surface area contributed by atoms with Gasteiger partial charge in [0.2, 0.25) is 0 Å². The van der Waals surface area contributed by atoms with Crippen LogP contribution in [0.5, 0.6) is 11.5 Å². The van der Waals surface area contributed by atoms with Crippen LogP contribution in [0.1, 0.15) is 12.5 Å². The number of ether oxygens (including phenoxy) is 2. The van der Waals surface area contributed by atoms with Crippen molar-refractivity contribution in [2.24, 2.45) is 0 Å². The second kappa shape index (κ2) is 6.59. The summed E-state index contributed by atoms with van der Waals surface area (Å²) in [5.74, 6) is 1.74. The summed E-state index contributed by atoms with van der Waals surface area (Å²) in [7, 11) is 3.40. The smallest absolute Gasteiger partial charge is 0.128 e. The number of methoxy groups -OCH3 is 2. The Bertz CT molecular complexity index is 414. The van der Waals surface area contributed by atoms with Crippen molar-refractivity contribution in [2.75, 3.05) is 33.9 Å². The van der Waals surface area contributed by atoms with Crippen LogP contribution in [0, 0.1) is 0 Å². The van der Waals surface area contributed by atoms with Crippen molar-refractivity contribution in [3.8, 4) is 11.5 Å². The summed E-state index contributed by atoms with van der Waals surface area (Å²) in [5.41, 5.74) is 1.11. The molecule has 1 aromatic rings. The summed E-state index contributed by atoms with van der Waals surface area (Å²) in [6.45, 7) is 6.20. The molecule has 1 fully saturated rings. The zero-order valence-corrected chi connectivity index (χ0v) is 13.3. The minimum atomic E-state index is 0.520. The number of hydrogen-bond acceptors (Lipinski definition) is 4. The Morgan fingerprint density at radius 3 is 2.47 bits per heavy atom. The summed E-state index contributed by atoms with van der Waals surface area (Å²) >= 11 is 3.48. The number of piperazine rings is 1. The number of rotatable bonds is 4. The van der Waals surface area contributed by atoms with Crippen LogP contribution in [-0.2, 0) is 6.54 Å². The standard InChI is InChI=1S/C14H21BrN2O2/c1-10-8-16-4-5-17(10)9-12-13(18-2)6-11(15)7-14(12)19-3/h6-7,10,16H,4-5,8-9H2,1-3H3/t10-/m0/s1. The molecule has 0 bridgehead atoms. The van der Waals surface area contributed by atoms with E-state index in [-0.39, 0.29) is 0 Å². The second-order valence-corrected chi connectivity index (χ2v) is 5.73. The maximum atomic E-state index is 5.49. The fourth-order valence-electron chi connectivity index (χ4n) is 2.43. The molecule has 1 heterocycles. The van der Waals surface area contributed by atoms with Crippen molar-refractivity contribution < 1.29 is 9.47 Å². The van der Waals surface area contributed by atoms with Crippen molar-refractivity contribution in [3.63, 3.8) is 0 Å². The molecule has 106 valence electrons. The van der Waals surface area contributed by atoms with Crippen molar-refractivity contribution in [3.05, 3.63) is 22.2 Å². The first-order chi connectivity index (χ1) is 9.15. The molecule has 0 unspecified atom stereocenters. The van der Waals surface area contributed by atoms with E-state index in [0.29, 0.717) is 6.04 Å². The van der Waals surface area contributed by atoms with E-state index in [1.54, 1.807) is 14.2 Å². The van der Waals surface area contributed by atoms with E-state index in [2.05, 4.69) is 33.1 Å². The van der Waals surface area contributed by atoms with Gasteiger partial charge in [0.05, 0.1) is 19.8 Å². The third-order valence-electron chi connectivity index (χ3n) is 3.57. The van der Waals surface area contributed by atoms with Crippen molar-refractivity contribution in [1.29, 1.82) is 0 Å². The van der Waals surface area contributed by atoms with Crippen LogP contribution in [0.3, 0.4) is 0 Å². The first-order valence-electron chi connectivity index (χ1n) is 6.51. The Morgan fingerprint density at radius 1 is 1.32 bits per heavy atom. The van der Waals surface area contributed by atoms with Gasteiger partial charge in [0.15, 0.2) is 0 Å². The van der Waals surface area contributed by atoms with Gasteiger partial charge in [-0.25, -0.2) is 0 Å². The normalized spacial score (nSPS) is 20.3. The molecular formula is C14H21BrN2O2. The topological polar surface area (TPSA) is 33.7 Å². The monoisotopic (exact) mass is 328 g/mol. The molecule has 1 aliphatic rings. The van der Waals surface area contributed by atoms with E-state index in [0.717, 1.165) is 47.7 Å². The molecule has 0 radical (unpaired) electrons. The summed E-state index contributed by atoms with van der Waals surface area (Å²) in [5, 5.41) is 3.40. The number of nitrogens with zero attached hydrogens (tertiary/aromatic N) is 1. The largest absolute Gasteiger partial charge is 0.496 e. The zero-order valence-electron chi connectivity index (χ0n) is 11.7. The van der Waals surface area contributed by atoms with Gasteiger partial charge in [-0.2, -0.15) is 0 Å². The van der Waals surface area contributed by atoms with Gasteiger partial charge in [-0.3, -0.25) is 4.90 Å². The molecule has 19 heavy (non-hydrogen) atoms. The van der Waals surface area contributed by atoms with E-state index in [1.807, 2.05) is 12.1 Å². The number of nitrogens with one attached hydrogen (secondary N) is 1. The van der Waals surface area contributed by atoms with E-state index in [1.165, 1.54) is 0 Å². The molecule has 0 saturated carbocycles. The van der Waals surface area contributed by atoms with Crippen LogP contribution >= 0.6 is 15.9 Å². The molecule has 1 N–H and O–H groups in total. The minimum Gasteiger partial charge on any atom is -0.496 e. The third-order valence-corrected chi connectivity index (χ3v) is 4.03. The molecule has 4 nitrogen and oxygen atoms in total. The summed E-state index contributed by atoms with van der Waals surface area (Å²) in [6, 6.07) is 4.50. The van der Waals surface area contributed by atoms with Gasteiger partial charge in [0, 0.05) is 36.7 Å². The summed E-state index contributed by atoms with van der Waals surface area (Å²) in [6.07, 6.45) is 0. The Kier molecular flexibility index (Phi) is 5.07. The lowest BCUT2D eigenvalue weighted by Crippen LogP contribution is -2.49. The van der Waals surface area contributed by atoms with E-state index in [4.69, 9.17) is 9.47 Å². The lowest BCUT2D eigenvalue weighted by Gasteiger charge is -2.34. The molecular weight excluding hydrogens is 308 g/mol. The van der Waals surface area contributed by atoms with Crippen LogP contribution in [0.2, 0.25) is 0 Å². The Labute approximate surface area is 123 Å². The fourth-order valence-corrected chi connectivity index (χ4v) is 2.84. The van der Waals surface area contributed by atoms with Crippen LogP contribution in [0.4, 0.5) is 0 Å². The van der Waals surface area contributed by atoms with E-state index in [9.17, 15) is 0 Å². The highest BCUT2D eigenvalue weighted by molar-refractivity contribution is 9.10. The number of hydrogen-bond donors (Lipinski definition) is 1. The van der Waals surface area contributed by atoms with Gasteiger partial charge >= 0.3 is 0 Å². The maximum absolute atomic E-state index is 5.49. The summed E-state index contributed by atoms with van der Waals surface area (Å²) in [4.78, 5) is 2.45. The van der Waals surface area contributed by atoms with Crippen molar-refractivity contribution in [1.82, 2.24) is 10.2 Å². The predicted molar refractivity (Wildman–Crippen MR) is 80.0 cm³/mol. The highest BCUT2D eigenvalue weighted by atomic mass is 79.9. The van der Waals surface area contributed by atoms with Crippen LogP contribution in [0.25, 0.3) is 0 Å². The van der Waals surface area contributed by atoms with Gasteiger partial charge in [-0.1, -0.05) is 15.9 Å². The molecule has 1 aromatic carbocycles. The Hall–Kier alpha value is -0.780. The molecule has 0 aliphatic carbocycles. The average Bonchev–Trinajstić information content (AvgIpc) is 2.42. The van der Waals surface area contributed by atoms with Crippen molar-refractivity contribution >= 4 is 15.9 Å². The van der Waals surface area contributed by atoms with E-state index >= 15 is 0 Å². The van der Waals surface area contributed by atoms with Gasteiger partial charge in [0.1, 0.15) is 11.5 Å². The SMILES string of the molecule is COc1cc(Br)cc(OC)c1CN1CCNC[C@@H]1C. The van der Waals surface area contributed by atoms with Gasteiger partial charge in [-0.15, -0.1) is 0 Å². The molecule has 2 rings (SSSR count). The van der Waals surface area contributed by atoms with Gasteiger partial charge in [-0.05, 0) is 19.1 Å². The lowest BCUT2D eigenvalue weighted by atomic mass is 10.1. The average molecular weight is 329 g/mol. The predicted octanol–water partition coefficient (Wildman–Crippen LogP) is 2.26. The highest BCUT2D eigenvalue weighted by Gasteiger charge is 2.21. The van der Waals surface area contributed by atoms with Gasteiger partial charge in [0.25, 0.3) is 0 Å². The van der Waals surface area contributed by atoms with Crippen molar-refractivity contribution in [2.45, 2.75) is 19.5 Å². The molecule has 0 aromatic heterocycles.